The lowest BCUT2D eigenvalue weighted by atomic mass is 9.96. The van der Waals surface area contributed by atoms with Crippen LogP contribution in [0.15, 0.2) is 60.2 Å². The van der Waals surface area contributed by atoms with E-state index in [-0.39, 0.29) is 17.0 Å². The van der Waals surface area contributed by atoms with E-state index in [2.05, 4.69) is 0 Å². The van der Waals surface area contributed by atoms with E-state index in [1.165, 1.54) is 24.3 Å². The molecule has 1 N–H and O–H groups in total. The summed E-state index contributed by atoms with van der Waals surface area (Å²) in [6.45, 7) is 0. The van der Waals surface area contributed by atoms with Gasteiger partial charge in [0.15, 0.2) is 6.10 Å². The smallest absolute Gasteiger partial charge is 0.380 e. The topological polar surface area (TPSA) is 107 Å². The van der Waals surface area contributed by atoms with E-state index in [1.807, 2.05) is 0 Å². The zero-order valence-corrected chi connectivity index (χ0v) is 12.2. The number of ketones is 1. The van der Waals surface area contributed by atoms with Gasteiger partial charge in [0.25, 0.3) is 11.5 Å². The van der Waals surface area contributed by atoms with Crippen LogP contribution < -0.4 is 0 Å². The second-order valence-corrected chi connectivity index (χ2v) is 5.09. The number of carbonyl (C=O) groups excluding carboxylic acids is 2. The van der Waals surface area contributed by atoms with Gasteiger partial charge in [0.1, 0.15) is 5.76 Å². The number of rotatable bonds is 3. The van der Waals surface area contributed by atoms with Crippen molar-refractivity contribution in [2.24, 2.45) is 0 Å². The van der Waals surface area contributed by atoms with Gasteiger partial charge >= 0.3 is 5.97 Å². The van der Waals surface area contributed by atoms with Crippen LogP contribution in [-0.2, 0) is 14.3 Å². The zero-order chi connectivity index (χ0) is 17.3. The van der Waals surface area contributed by atoms with E-state index < -0.39 is 22.8 Å². The molecule has 0 bridgehead atoms. The molecule has 0 radical (unpaired) electrons. The average molecular weight is 325 g/mol. The standard InChI is InChI=1S/C17H11NO6/c19-14(10-4-2-1-3-5-10)13-15(20)17(21)24-16(13)11-6-8-12(9-7-11)18(22)23/h1-9,16,19H/b14-13+. The molecule has 0 saturated carbocycles. The third kappa shape index (κ3) is 2.63. The Kier molecular flexibility index (Phi) is 3.83. The van der Waals surface area contributed by atoms with Crippen LogP contribution in [0, 0.1) is 10.1 Å². The predicted molar refractivity (Wildman–Crippen MR) is 82.9 cm³/mol. The normalized spacial score (nSPS) is 19.1. The first-order valence-corrected chi connectivity index (χ1v) is 6.97. The zero-order valence-electron chi connectivity index (χ0n) is 12.2. The minimum absolute atomic E-state index is 0.132. The number of ether oxygens (including phenoxy) is 1. The molecule has 2 aromatic rings. The van der Waals surface area contributed by atoms with E-state index in [4.69, 9.17) is 4.74 Å². The third-order valence-corrected chi connectivity index (χ3v) is 3.63. The number of hydrogen-bond donors (Lipinski definition) is 1. The number of non-ortho nitro benzene ring substituents is 1. The van der Waals surface area contributed by atoms with Crippen molar-refractivity contribution in [3.63, 3.8) is 0 Å². The lowest BCUT2D eigenvalue weighted by Gasteiger charge is -2.12. The second kappa shape index (κ2) is 5.96. The lowest BCUT2D eigenvalue weighted by Crippen LogP contribution is -2.08. The first-order chi connectivity index (χ1) is 11.5. The molecule has 7 nitrogen and oxygen atoms in total. The van der Waals surface area contributed by atoms with Gasteiger partial charge < -0.3 is 9.84 Å². The van der Waals surface area contributed by atoms with Crippen molar-refractivity contribution in [2.75, 3.05) is 0 Å². The maximum atomic E-state index is 12.1. The molecule has 1 fully saturated rings. The highest BCUT2D eigenvalue weighted by atomic mass is 16.6. The maximum Gasteiger partial charge on any atom is 0.380 e. The summed E-state index contributed by atoms with van der Waals surface area (Å²) in [4.78, 5) is 33.9. The molecule has 0 aliphatic carbocycles. The first-order valence-electron chi connectivity index (χ1n) is 6.97. The molecule has 1 aliphatic heterocycles. The fourth-order valence-electron chi connectivity index (χ4n) is 2.44. The van der Waals surface area contributed by atoms with E-state index in [9.17, 15) is 24.8 Å². The molecular weight excluding hydrogens is 314 g/mol. The minimum Gasteiger partial charge on any atom is -0.507 e. The molecular formula is C17H11NO6. The highest BCUT2D eigenvalue weighted by Crippen LogP contribution is 2.37. The Labute approximate surface area is 136 Å². The summed E-state index contributed by atoms with van der Waals surface area (Å²) in [6.07, 6.45) is -1.11. The average Bonchev–Trinajstić information content (AvgIpc) is 2.90. The van der Waals surface area contributed by atoms with Gasteiger partial charge in [-0.2, -0.15) is 0 Å². The number of nitro groups is 1. The van der Waals surface area contributed by atoms with Crippen LogP contribution in [0.3, 0.4) is 0 Å². The molecule has 1 unspecified atom stereocenters. The molecule has 1 atom stereocenters. The lowest BCUT2D eigenvalue weighted by molar-refractivity contribution is -0.384. The number of nitro benzene ring substituents is 1. The van der Waals surface area contributed by atoms with Gasteiger partial charge in [0.05, 0.1) is 10.5 Å². The Balaban J connectivity index is 2.07. The summed E-state index contributed by atoms with van der Waals surface area (Å²) < 4.78 is 5.04. The Hall–Kier alpha value is -3.48. The molecule has 0 amide bonds. The first kappa shape index (κ1) is 15.4. The van der Waals surface area contributed by atoms with Crippen LogP contribution in [-0.4, -0.2) is 21.8 Å². The maximum absolute atomic E-state index is 12.1. The second-order valence-electron chi connectivity index (χ2n) is 5.09. The van der Waals surface area contributed by atoms with Gasteiger partial charge in [0, 0.05) is 17.7 Å². The van der Waals surface area contributed by atoms with E-state index in [0.29, 0.717) is 11.1 Å². The molecule has 0 spiro atoms. The van der Waals surface area contributed by atoms with Crippen LogP contribution in [0.5, 0.6) is 0 Å². The summed E-state index contributed by atoms with van der Waals surface area (Å²) in [5.41, 5.74) is 0.413. The molecule has 0 aromatic heterocycles. The summed E-state index contributed by atoms with van der Waals surface area (Å²) in [5.74, 6) is -2.36. The number of benzene rings is 2. The fourth-order valence-corrected chi connectivity index (χ4v) is 2.44. The monoisotopic (exact) mass is 325 g/mol. The number of carbonyl (C=O) groups is 2. The van der Waals surface area contributed by atoms with Crippen molar-refractivity contribution >= 4 is 23.2 Å². The van der Waals surface area contributed by atoms with Gasteiger partial charge in [0.2, 0.25) is 0 Å². The van der Waals surface area contributed by atoms with Gasteiger partial charge in [-0.05, 0) is 17.7 Å². The molecule has 1 aliphatic rings. The molecule has 3 rings (SSSR count). The summed E-state index contributed by atoms with van der Waals surface area (Å²) >= 11 is 0. The quantitative estimate of drug-likeness (QED) is 0.232. The Morgan fingerprint density at radius 1 is 1.04 bits per heavy atom. The van der Waals surface area contributed by atoms with Crippen molar-refractivity contribution in [3.8, 4) is 0 Å². The summed E-state index contributed by atoms with van der Waals surface area (Å²) in [6, 6.07) is 13.5. The number of Topliss-reactive ketones (excluding diaryl/α,β-unsaturated/α-hetero) is 1. The number of aliphatic hydroxyl groups excluding tert-OH is 1. The summed E-state index contributed by atoms with van der Waals surface area (Å²) in [7, 11) is 0. The van der Waals surface area contributed by atoms with Gasteiger partial charge in [-0.25, -0.2) is 4.79 Å². The van der Waals surface area contributed by atoms with Crippen molar-refractivity contribution in [1.82, 2.24) is 0 Å². The molecule has 7 heteroatoms. The van der Waals surface area contributed by atoms with E-state index in [0.717, 1.165) is 0 Å². The molecule has 2 aromatic carbocycles. The fraction of sp³-hybridized carbons (Fsp3) is 0.0588. The highest BCUT2D eigenvalue weighted by molar-refractivity contribution is 6.44. The van der Waals surface area contributed by atoms with Crippen molar-refractivity contribution in [1.29, 1.82) is 0 Å². The molecule has 1 saturated heterocycles. The van der Waals surface area contributed by atoms with Crippen LogP contribution in [0.2, 0.25) is 0 Å². The molecule has 120 valence electrons. The number of nitrogens with zero attached hydrogens (tertiary/aromatic N) is 1. The van der Waals surface area contributed by atoms with Gasteiger partial charge in [-0.3, -0.25) is 14.9 Å². The van der Waals surface area contributed by atoms with Crippen molar-refractivity contribution in [3.05, 3.63) is 81.4 Å². The van der Waals surface area contributed by atoms with Gasteiger partial charge in [-0.15, -0.1) is 0 Å². The molecule has 24 heavy (non-hydrogen) atoms. The largest absolute Gasteiger partial charge is 0.507 e. The van der Waals surface area contributed by atoms with Crippen LogP contribution in [0.4, 0.5) is 5.69 Å². The molecule has 1 heterocycles. The van der Waals surface area contributed by atoms with Crippen molar-refractivity contribution in [2.45, 2.75) is 6.10 Å². The number of hydrogen-bond acceptors (Lipinski definition) is 6. The van der Waals surface area contributed by atoms with Crippen molar-refractivity contribution < 1.29 is 24.4 Å². The Morgan fingerprint density at radius 3 is 2.25 bits per heavy atom. The minimum atomic E-state index is -1.11. The Morgan fingerprint density at radius 2 is 1.67 bits per heavy atom. The van der Waals surface area contributed by atoms with Gasteiger partial charge in [-0.1, -0.05) is 30.3 Å². The number of aliphatic hydroxyl groups is 1. The predicted octanol–water partition coefficient (Wildman–Crippen LogP) is 2.73. The van der Waals surface area contributed by atoms with E-state index >= 15 is 0 Å². The van der Waals surface area contributed by atoms with Crippen LogP contribution in [0.1, 0.15) is 17.2 Å². The highest BCUT2D eigenvalue weighted by Gasteiger charge is 2.42. The summed E-state index contributed by atoms with van der Waals surface area (Å²) in [5, 5.41) is 21.1. The third-order valence-electron chi connectivity index (χ3n) is 3.63. The number of esters is 1. The van der Waals surface area contributed by atoms with Crippen LogP contribution >= 0.6 is 0 Å². The van der Waals surface area contributed by atoms with E-state index in [1.54, 1.807) is 30.3 Å². The SMILES string of the molecule is O=C1OC(c2ccc([N+](=O)[O-])cc2)/C(=C(/O)c2ccccc2)C1=O. The van der Waals surface area contributed by atoms with Crippen LogP contribution in [0.25, 0.3) is 5.76 Å². The number of cyclic esters (lactones) is 1. The Bertz CT molecular complexity index is 854.